The van der Waals surface area contributed by atoms with Crippen molar-refractivity contribution in [1.29, 1.82) is 0 Å². The number of benzene rings is 2. The number of rotatable bonds is 5. The minimum atomic E-state index is -0.985. The zero-order valence-corrected chi connectivity index (χ0v) is 16.4. The molecule has 31 heavy (non-hydrogen) atoms. The van der Waals surface area contributed by atoms with Gasteiger partial charge in [0.1, 0.15) is 17.2 Å². The minimum absolute atomic E-state index is 0.174. The monoisotopic (exact) mass is 426 g/mol. The second kappa shape index (κ2) is 7.55. The summed E-state index contributed by atoms with van der Waals surface area (Å²) in [6, 6.07) is 10.4. The van der Waals surface area contributed by atoms with Crippen molar-refractivity contribution in [2.75, 3.05) is 36.4 Å². The molecule has 4 N–H and O–H groups in total. The summed E-state index contributed by atoms with van der Waals surface area (Å²) in [5.41, 5.74) is 7.22. The van der Waals surface area contributed by atoms with Crippen molar-refractivity contribution in [3.8, 4) is 17.2 Å². The van der Waals surface area contributed by atoms with Gasteiger partial charge in [-0.15, -0.1) is 5.10 Å². The number of hydrogen-bond acceptors (Lipinski definition) is 6. The van der Waals surface area contributed by atoms with Gasteiger partial charge in [-0.05, 0) is 36.4 Å². The van der Waals surface area contributed by atoms with Gasteiger partial charge < -0.3 is 26.0 Å². The van der Waals surface area contributed by atoms with Gasteiger partial charge in [-0.25, -0.2) is 13.5 Å². The molecule has 8 nitrogen and oxygen atoms in total. The number of nitrogens with zero attached hydrogens (tertiary/aromatic N) is 3. The highest BCUT2D eigenvalue weighted by molar-refractivity contribution is 6.00. The predicted molar refractivity (Wildman–Crippen MR) is 111 cm³/mol. The molecular weight excluding hydrogens is 406 g/mol. The van der Waals surface area contributed by atoms with E-state index < -0.39 is 17.5 Å². The Bertz CT molecular complexity index is 1140. The van der Waals surface area contributed by atoms with E-state index in [1.807, 2.05) is 0 Å². The van der Waals surface area contributed by atoms with Crippen LogP contribution in [0.4, 0.5) is 20.3 Å². The van der Waals surface area contributed by atoms with Crippen LogP contribution >= 0.6 is 0 Å². The van der Waals surface area contributed by atoms with Gasteiger partial charge in [-0.1, -0.05) is 0 Å². The first-order valence-electron chi connectivity index (χ1n) is 9.88. The molecule has 3 heterocycles. The lowest BCUT2D eigenvalue weighted by atomic mass is 10.1. The van der Waals surface area contributed by atoms with Crippen molar-refractivity contribution in [2.45, 2.75) is 6.04 Å². The predicted octanol–water partition coefficient (Wildman–Crippen LogP) is 2.25. The number of nitrogens with one attached hydrogen (secondary N) is 2. The van der Waals surface area contributed by atoms with E-state index in [-0.39, 0.29) is 11.4 Å². The molecular formula is C21H20F2N6O2. The average molecular weight is 426 g/mol. The summed E-state index contributed by atoms with van der Waals surface area (Å²) in [5.74, 6) is -1.21. The van der Waals surface area contributed by atoms with Gasteiger partial charge in [-0.2, -0.15) is 0 Å². The molecule has 0 bridgehead atoms. The summed E-state index contributed by atoms with van der Waals surface area (Å²) in [4.78, 5) is 14.4. The van der Waals surface area contributed by atoms with Crippen LogP contribution in [-0.2, 0) is 0 Å². The van der Waals surface area contributed by atoms with Gasteiger partial charge in [0.2, 0.25) is 0 Å². The zero-order chi connectivity index (χ0) is 21.5. The molecule has 0 aliphatic carbocycles. The van der Waals surface area contributed by atoms with E-state index in [0.717, 1.165) is 31.8 Å². The topological polar surface area (TPSA) is 97.4 Å². The van der Waals surface area contributed by atoms with E-state index in [2.05, 4.69) is 20.6 Å². The lowest BCUT2D eigenvalue weighted by Crippen LogP contribution is -2.59. The van der Waals surface area contributed by atoms with Crippen LogP contribution in [0.3, 0.4) is 0 Å². The minimum Gasteiger partial charge on any atom is -0.457 e. The fourth-order valence-corrected chi connectivity index (χ4v) is 3.77. The smallest absolute Gasteiger partial charge is 0.269 e. The van der Waals surface area contributed by atoms with E-state index in [4.69, 9.17) is 10.5 Å². The molecule has 1 saturated heterocycles. The second-order valence-electron chi connectivity index (χ2n) is 7.43. The molecule has 10 heteroatoms. The molecule has 1 amide bonds. The summed E-state index contributed by atoms with van der Waals surface area (Å²) >= 11 is 0. The number of anilines is 2. The highest BCUT2D eigenvalue weighted by Crippen LogP contribution is 2.35. The quantitative estimate of drug-likeness (QED) is 0.579. The third kappa shape index (κ3) is 3.44. The number of aromatic nitrogens is 2. The highest BCUT2D eigenvalue weighted by Gasteiger charge is 2.34. The third-order valence-electron chi connectivity index (χ3n) is 5.44. The lowest BCUT2D eigenvalue weighted by Gasteiger charge is -2.40. The molecule has 3 aromatic rings. The maximum absolute atomic E-state index is 13.4. The number of carbonyl (C=O) groups is 1. The van der Waals surface area contributed by atoms with Crippen LogP contribution in [0.25, 0.3) is 5.69 Å². The van der Waals surface area contributed by atoms with Gasteiger partial charge in [0.25, 0.3) is 5.91 Å². The van der Waals surface area contributed by atoms with Crippen molar-refractivity contribution in [3.05, 3.63) is 59.8 Å². The van der Waals surface area contributed by atoms with E-state index in [9.17, 15) is 13.6 Å². The lowest BCUT2D eigenvalue weighted by molar-refractivity contribution is 0.0993. The second-order valence-corrected chi connectivity index (χ2v) is 7.43. The Morgan fingerprint density at radius 3 is 2.48 bits per heavy atom. The first-order chi connectivity index (χ1) is 15.0. The van der Waals surface area contributed by atoms with Crippen LogP contribution in [0, 0.1) is 11.6 Å². The summed E-state index contributed by atoms with van der Waals surface area (Å²) in [6.45, 7) is 3.22. The van der Waals surface area contributed by atoms with Gasteiger partial charge in [0.15, 0.2) is 23.1 Å². The normalized spacial score (nSPS) is 15.7. The summed E-state index contributed by atoms with van der Waals surface area (Å²) in [6.07, 6.45) is 0. The largest absolute Gasteiger partial charge is 0.457 e. The number of amides is 1. The average Bonchev–Trinajstić information content (AvgIpc) is 3.11. The fourth-order valence-electron chi connectivity index (χ4n) is 3.77. The van der Waals surface area contributed by atoms with Crippen LogP contribution in [0.5, 0.6) is 11.5 Å². The molecule has 0 radical (unpaired) electrons. The van der Waals surface area contributed by atoms with Gasteiger partial charge in [-0.3, -0.25) is 4.79 Å². The van der Waals surface area contributed by atoms with Crippen LogP contribution in [-0.4, -0.2) is 47.9 Å². The first-order valence-corrected chi connectivity index (χ1v) is 9.88. The molecule has 0 unspecified atom stereocenters. The number of nitrogens with two attached hydrogens (primary N) is 1. The van der Waals surface area contributed by atoms with E-state index in [0.29, 0.717) is 35.5 Å². The Balaban J connectivity index is 1.46. The van der Waals surface area contributed by atoms with Crippen LogP contribution in [0.15, 0.2) is 42.5 Å². The number of halogens is 2. The molecule has 2 aliphatic rings. The molecule has 0 saturated carbocycles. The standard InChI is InChI=1S/C21H20F2N6O2/c22-16-6-5-15(9-17(16)23)31-14-3-1-12(2-4-14)29-19(20(24)30)18-21(27-29)28(8-7-26-18)13-10-25-11-13/h1-6,9,13,25-26H,7-8,10-11H2,(H2,24,30). The van der Waals surface area contributed by atoms with E-state index in [1.165, 1.54) is 10.7 Å². The molecule has 2 aromatic carbocycles. The van der Waals surface area contributed by atoms with Crippen molar-refractivity contribution < 1.29 is 18.3 Å². The number of fused-ring (bicyclic) bond motifs is 1. The van der Waals surface area contributed by atoms with Gasteiger partial charge in [0.05, 0.1) is 11.7 Å². The Kier molecular flexibility index (Phi) is 4.70. The van der Waals surface area contributed by atoms with Crippen molar-refractivity contribution in [2.24, 2.45) is 5.73 Å². The molecule has 0 spiro atoms. The third-order valence-corrected chi connectivity index (χ3v) is 5.44. The van der Waals surface area contributed by atoms with E-state index >= 15 is 0 Å². The van der Waals surface area contributed by atoms with Gasteiger partial charge in [0, 0.05) is 32.2 Å². The van der Waals surface area contributed by atoms with Gasteiger partial charge >= 0.3 is 0 Å². The summed E-state index contributed by atoms with van der Waals surface area (Å²) in [5, 5.41) is 11.2. The molecule has 5 rings (SSSR count). The molecule has 1 aromatic heterocycles. The Morgan fingerprint density at radius 1 is 1.10 bits per heavy atom. The Labute approximate surface area is 176 Å². The molecule has 2 aliphatic heterocycles. The molecule has 160 valence electrons. The highest BCUT2D eigenvalue weighted by atomic mass is 19.2. The SMILES string of the molecule is NC(=O)c1c2c(nn1-c1ccc(Oc3ccc(F)c(F)c3)cc1)N(C1CNC1)CCN2. The fraction of sp³-hybridized carbons (Fsp3) is 0.238. The van der Waals surface area contributed by atoms with Crippen LogP contribution < -0.4 is 26.0 Å². The van der Waals surface area contributed by atoms with Crippen molar-refractivity contribution in [1.82, 2.24) is 15.1 Å². The summed E-state index contributed by atoms with van der Waals surface area (Å²) in [7, 11) is 0. The summed E-state index contributed by atoms with van der Waals surface area (Å²) < 4.78 is 33.6. The first kappa shape index (κ1) is 19.3. The number of carbonyl (C=O) groups excluding carboxylic acids is 1. The molecule has 0 atom stereocenters. The van der Waals surface area contributed by atoms with E-state index in [1.54, 1.807) is 24.3 Å². The maximum Gasteiger partial charge on any atom is 0.269 e. The maximum atomic E-state index is 13.4. The Hall–Kier alpha value is -3.66. The number of hydrogen-bond donors (Lipinski definition) is 3. The number of ether oxygens (including phenoxy) is 1. The molecule has 1 fully saturated rings. The van der Waals surface area contributed by atoms with Crippen LogP contribution in [0.1, 0.15) is 10.5 Å². The zero-order valence-electron chi connectivity index (χ0n) is 16.4. The van der Waals surface area contributed by atoms with Crippen LogP contribution in [0.2, 0.25) is 0 Å². The van der Waals surface area contributed by atoms with Crippen molar-refractivity contribution in [3.63, 3.8) is 0 Å². The number of primary amides is 1. The van der Waals surface area contributed by atoms with Crippen molar-refractivity contribution >= 4 is 17.4 Å². The Morgan fingerprint density at radius 2 is 1.84 bits per heavy atom.